The smallest absolute Gasteiger partial charge is 0.338 e. The molecule has 3 rings (SSSR count). The van der Waals surface area contributed by atoms with Crippen molar-refractivity contribution in [1.82, 2.24) is 0 Å². The van der Waals surface area contributed by atoms with E-state index in [9.17, 15) is 14.7 Å². The monoisotopic (exact) mass is 508 g/mol. The Morgan fingerprint density at radius 2 is 1.81 bits per heavy atom. The molecule has 190 valence electrons. The number of benzene rings is 3. The Bertz CT molecular complexity index is 1200. The van der Waals surface area contributed by atoms with E-state index in [-0.39, 0.29) is 17.5 Å². The minimum atomic E-state index is -1.02. The Balaban J connectivity index is 1.82. The maximum atomic E-state index is 12.5. The van der Waals surface area contributed by atoms with Crippen molar-refractivity contribution < 1.29 is 24.2 Å². The molecule has 0 heterocycles. The quantitative estimate of drug-likeness (QED) is 0.110. The van der Waals surface area contributed by atoms with Crippen LogP contribution in [0.15, 0.2) is 67.3 Å². The number of halogens is 1. The molecule has 0 saturated heterocycles. The summed E-state index contributed by atoms with van der Waals surface area (Å²) in [5.74, 6) is -0.318. The summed E-state index contributed by atoms with van der Waals surface area (Å²) in [7, 11) is 0. The standard InChI is InChI=1S/C30H33ClO5/c1-4-5-6-7-16-35-25-13-15-26-23(18-25)12-14-27(29(32)33)28(26)21-8-10-22(11-9-21)30(34)36-19-24(31)17-20(2)3/h4,8-15,18,20,24H,1,5-7,16-17,19H2,2-3H3,(H,32,33)/t24-/m0/s1. The fraction of sp³-hybridized carbons (Fsp3) is 0.333. The van der Waals surface area contributed by atoms with Crippen molar-refractivity contribution in [2.45, 2.75) is 44.9 Å². The van der Waals surface area contributed by atoms with Gasteiger partial charge in [-0.15, -0.1) is 18.2 Å². The first-order valence-electron chi connectivity index (χ1n) is 12.3. The van der Waals surface area contributed by atoms with Crippen molar-refractivity contribution in [3.63, 3.8) is 0 Å². The number of alkyl halides is 1. The summed E-state index contributed by atoms with van der Waals surface area (Å²) in [5.41, 5.74) is 1.86. The Morgan fingerprint density at radius 1 is 1.06 bits per heavy atom. The SMILES string of the molecule is C=CCCCCOc1ccc2c(-c3ccc(C(=O)OC[C@@H](Cl)CC(C)C)cc3)c(C(=O)O)ccc2c1. The summed E-state index contributed by atoms with van der Waals surface area (Å²) in [5, 5.41) is 11.3. The van der Waals surface area contributed by atoms with Crippen LogP contribution in [0.5, 0.6) is 5.75 Å². The first kappa shape index (κ1) is 27.3. The van der Waals surface area contributed by atoms with E-state index in [0.717, 1.165) is 42.2 Å². The zero-order chi connectivity index (χ0) is 26.1. The third kappa shape index (κ3) is 7.34. The molecule has 36 heavy (non-hydrogen) atoms. The van der Waals surface area contributed by atoms with Crippen LogP contribution in [0.4, 0.5) is 0 Å². The van der Waals surface area contributed by atoms with Gasteiger partial charge in [-0.2, -0.15) is 0 Å². The molecule has 0 radical (unpaired) electrons. The van der Waals surface area contributed by atoms with Gasteiger partial charge in [0.1, 0.15) is 12.4 Å². The van der Waals surface area contributed by atoms with Gasteiger partial charge in [-0.1, -0.05) is 44.2 Å². The highest BCUT2D eigenvalue weighted by molar-refractivity contribution is 6.20. The lowest BCUT2D eigenvalue weighted by Gasteiger charge is -2.14. The number of carboxylic acids is 1. The Labute approximate surface area is 217 Å². The fourth-order valence-electron chi connectivity index (χ4n) is 4.07. The molecule has 0 aliphatic rings. The van der Waals surface area contributed by atoms with Crippen molar-refractivity contribution >= 4 is 34.3 Å². The van der Waals surface area contributed by atoms with E-state index in [2.05, 4.69) is 20.4 Å². The van der Waals surface area contributed by atoms with Crippen molar-refractivity contribution in [2.75, 3.05) is 13.2 Å². The molecule has 1 atom stereocenters. The summed E-state index contributed by atoms with van der Waals surface area (Å²) in [6.07, 6.45) is 5.58. The number of hydrogen-bond donors (Lipinski definition) is 1. The maximum absolute atomic E-state index is 12.5. The van der Waals surface area contributed by atoms with Gasteiger partial charge in [0, 0.05) is 5.56 Å². The van der Waals surface area contributed by atoms with Gasteiger partial charge in [0.05, 0.1) is 23.1 Å². The minimum Gasteiger partial charge on any atom is -0.494 e. The van der Waals surface area contributed by atoms with Crippen LogP contribution in [0, 0.1) is 5.92 Å². The number of rotatable bonds is 13. The van der Waals surface area contributed by atoms with Crippen molar-refractivity contribution in [3.8, 4) is 16.9 Å². The number of carbonyl (C=O) groups is 2. The lowest BCUT2D eigenvalue weighted by molar-refractivity contribution is 0.0498. The van der Waals surface area contributed by atoms with Crippen LogP contribution in [0.3, 0.4) is 0 Å². The van der Waals surface area contributed by atoms with Crippen molar-refractivity contribution in [3.05, 3.63) is 78.4 Å². The zero-order valence-corrected chi connectivity index (χ0v) is 21.6. The largest absolute Gasteiger partial charge is 0.494 e. The molecule has 0 unspecified atom stereocenters. The van der Waals surface area contributed by atoms with Gasteiger partial charge in [-0.05, 0) is 78.3 Å². The van der Waals surface area contributed by atoms with Gasteiger partial charge < -0.3 is 14.6 Å². The second-order valence-electron chi connectivity index (χ2n) is 9.21. The van der Waals surface area contributed by atoms with Crippen LogP contribution in [-0.2, 0) is 4.74 Å². The molecule has 0 aliphatic carbocycles. The number of aromatic carboxylic acids is 1. The van der Waals surface area contributed by atoms with Crippen LogP contribution in [0.25, 0.3) is 21.9 Å². The summed E-state index contributed by atoms with van der Waals surface area (Å²) < 4.78 is 11.2. The number of esters is 1. The van der Waals surface area contributed by atoms with Crippen LogP contribution >= 0.6 is 11.6 Å². The molecule has 3 aromatic carbocycles. The minimum absolute atomic E-state index is 0.144. The predicted molar refractivity (Wildman–Crippen MR) is 145 cm³/mol. The van der Waals surface area contributed by atoms with E-state index in [4.69, 9.17) is 21.1 Å². The van der Waals surface area contributed by atoms with Gasteiger partial charge in [0.15, 0.2) is 0 Å². The van der Waals surface area contributed by atoms with Crippen LogP contribution in [0.2, 0.25) is 0 Å². The summed E-state index contributed by atoms with van der Waals surface area (Å²) in [4.78, 5) is 24.5. The Kier molecular flexibility index (Phi) is 9.95. The number of carbonyl (C=O) groups excluding carboxylic acids is 1. The van der Waals surface area contributed by atoms with Gasteiger partial charge in [-0.25, -0.2) is 9.59 Å². The molecule has 0 aliphatic heterocycles. The number of hydrogen-bond acceptors (Lipinski definition) is 4. The van der Waals surface area contributed by atoms with E-state index >= 15 is 0 Å². The van der Waals surface area contributed by atoms with E-state index in [1.807, 2.05) is 24.3 Å². The van der Waals surface area contributed by atoms with E-state index in [1.54, 1.807) is 36.4 Å². The number of allylic oxidation sites excluding steroid dienone is 1. The second kappa shape index (κ2) is 13.1. The first-order chi connectivity index (χ1) is 17.3. The van der Waals surface area contributed by atoms with E-state index in [1.165, 1.54) is 0 Å². The topological polar surface area (TPSA) is 72.8 Å². The van der Waals surface area contributed by atoms with Crippen LogP contribution in [0.1, 0.15) is 60.2 Å². The molecule has 0 fully saturated rings. The van der Waals surface area contributed by atoms with Gasteiger partial charge in [-0.3, -0.25) is 0 Å². The Morgan fingerprint density at radius 3 is 2.47 bits per heavy atom. The van der Waals surface area contributed by atoms with Gasteiger partial charge in [0.2, 0.25) is 0 Å². The third-order valence-electron chi connectivity index (χ3n) is 5.82. The van der Waals surface area contributed by atoms with Crippen molar-refractivity contribution in [2.24, 2.45) is 5.92 Å². The molecule has 0 bridgehead atoms. The summed E-state index contributed by atoms with van der Waals surface area (Å²) in [6.45, 7) is 8.61. The molecular formula is C30H33ClO5. The van der Waals surface area contributed by atoms with Crippen LogP contribution < -0.4 is 4.74 Å². The predicted octanol–water partition coefficient (Wildman–Crippen LogP) is 7.75. The highest BCUT2D eigenvalue weighted by atomic mass is 35.5. The molecular weight excluding hydrogens is 476 g/mol. The maximum Gasteiger partial charge on any atom is 0.338 e. The molecule has 6 heteroatoms. The average Bonchev–Trinajstić information content (AvgIpc) is 2.86. The highest BCUT2D eigenvalue weighted by Crippen LogP contribution is 2.34. The molecule has 1 N–H and O–H groups in total. The molecule has 3 aromatic rings. The third-order valence-corrected chi connectivity index (χ3v) is 6.13. The fourth-order valence-corrected chi connectivity index (χ4v) is 4.49. The summed E-state index contributed by atoms with van der Waals surface area (Å²) >= 11 is 6.23. The molecule has 0 aromatic heterocycles. The van der Waals surface area contributed by atoms with Gasteiger partial charge in [0.25, 0.3) is 0 Å². The van der Waals surface area contributed by atoms with Gasteiger partial charge >= 0.3 is 11.9 Å². The Hall–Kier alpha value is -3.31. The first-order valence-corrected chi connectivity index (χ1v) is 12.7. The number of carboxylic acid groups (broad SMARTS) is 1. The molecule has 5 nitrogen and oxygen atoms in total. The normalized spacial score (nSPS) is 11.9. The lowest BCUT2D eigenvalue weighted by atomic mass is 9.92. The lowest BCUT2D eigenvalue weighted by Crippen LogP contribution is -2.16. The average molecular weight is 509 g/mol. The number of ether oxygens (including phenoxy) is 2. The van der Waals surface area contributed by atoms with Crippen LogP contribution in [-0.4, -0.2) is 35.6 Å². The number of fused-ring (bicyclic) bond motifs is 1. The van der Waals surface area contributed by atoms with E-state index in [0.29, 0.717) is 29.2 Å². The summed E-state index contributed by atoms with van der Waals surface area (Å²) in [6, 6.07) is 15.8. The zero-order valence-electron chi connectivity index (χ0n) is 20.8. The van der Waals surface area contributed by atoms with E-state index < -0.39 is 11.9 Å². The second-order valence-corrected chi connectivity index (χ2v) is 9.83. The van der Waals surface area contributed by atoms with Crippen molar-refractivity contribution in [1.29, 1.82) is 0 Å². The molecule has 0 saturated carbocycles. The molecule has 0 spiro atoms. The highest BCUT2D eigenvalue weighted by Gasteiger charge is 2.17. The molecule has 0 amide bonds. The number of unbranched alkanes of at least 4 members (excludes halogenated alkanes) is 2.